The number of anilines is 2. The first-order chi connectivity index (χ1) is 12.0. The minimum Gasteiger partial charge on any atom is -0.368 e. The first kappa shape index (κ1) is 16.7. The molecule has 2 heterocycles. The molecule has 0 spiro atoms. The van der Waals surface area contributed by atoms with E-state index in [9.17, 15) is 0 Å². The van der Waals surface area contributed by atoms with E-state index in [1.165, 1.54) is 22.4 Å². The molecule has 0 bridgehead atoms. The van der Waals surface area contributed by atoms with Crippen molar-refractivity contribution in [2.75, 3.05) is 36.0 Å². The largest absolute Gasteiger partial charge is 0.368 e. The normalized spacial score (nSPS) is 15.2. The Morgan fingerprint density at radius 1 is 0.920 bits per heavy atom. The Kier molecular flexibility index (Phi) is 4.34. The van der Waals surface area contributed by atoms with E-state index in [0.29, 0.717) is 0 Å². The highest BCUT2D eigenvalue weighted by molar-refractivity contribution is 7.22. The molecule has 0 aliphatic carbocycles. The van der Waals surface area contributed by atoms with Crippen molar-refractivity contribution in [3.8, 4) is 0 Å². The molecule has 2 aromatic carbocycles. The van der Waals surface area contributed by atoms with Crippen LogP contribution in [0.25, 0.3) is 10.2 Å². The predicted molar refractivity (Wildman–Crippen MR) is 110 cm³/mol. The first-order valence-corrected chi connectivity index (χ1v) is 9.85. The number of rotatable bonds is 2. The molecule has 0 amide bonds. The van der Waals surface area contributed by atoms with Crippen molar-refractivity contribution in [2.45, 2.75) is 20.8 Å². The zero-order valence-corrected chi connectivity index (χ0v) is 16.4. The summed E-state index contributed by atoms with van der Waals surface area (Å²) in [4.78, 5) is 9.75. The lowest BCUT2D eigenvalue weighted by Gasteiger charge is -2.36. The van der Waals surface area contributed by atoms with E-state index in [0.717, 1.165) is 46.5 Å². The van der Waals surface area contributed by atoms with E-state index in [1.807, 2.05) is 12.1 Å². The molecule has 3 nitrogen and oxygen atoms in total. The third kappa shape index (κ3) is 3.09. The van der Waals surface area contributed by atoms with Crippen LogP contribution >= 0.6 is 22.9 Å². The van der Waals surface area contributed by atoms with Crippen LogP contribution in [0.5, 0.6) is 0 Å². The molecule has 3 aromatic rings. The number of piperazine rings is 1. The van der Waals surface area contributed by atoms with Gasteiger partial charge in [0.25, 0.3) is 0 Å². The second-order valence-electron chi connectivity index (χ2n) is 6.80. The predicted octanol–water partition coefficient (Wildman–Crippen LogP) is 5.20. The standard InChI is InChI=1S/C20H22ClN3S/c1-13-4-5-14(2)17(12-13)23-8-10-24(11-9-23)20-22-18-15(3)6-7-16(21)19(18)25-20/h4-7,12H,8-11H2,1-3H3. The second kappa shape index (κ2) is 6.50. The topological polar surface area (TPSA) is 19.4 Å². The van der Waals surface area contributed by atoms with Crippen molar-refractivity contribution in [3.05, 3.63) is 52.0 Å². The summed E-state index contributed by atoms with van der Waals surface area (Å²) in [5, 5.41) is 1.89. The minimum atomic E-state index is 0.804. The van der Waals surface area contributed by atoms with E-state index in [-0.39, 0.29) is 0 Å². The summed E-state index contributed by atoms with van der Waals surface area (Å²) in [5.41, 5.74) is 6.27. The maximum Gasteiger partial charge on any atom is 0.186 e. The van der Waals surface area contributed by atoms with Gasteiger partial charge in [-0.3, -0.25) is 0 Å². The van der Waals surface area contributed by atoms with Crippen molar-refractivity contribution in [1.29, 1.82) is 0 Å². The lowest BCUT2D eigenvalue weighted by molar-refractivity contribution is 0.651. The fraction of sp³-hybridized carbons (Fsp3) is 0.350. The number of aromatic nitrogens is 1. The molecule has 0 N–H and O–H groups in total. The molecule has 1 aliphatic rings. The van der Waals surface area contributed by atoms with Gasteiger partial charge < -0.3 is 9.80 Å². The van der Waals surface area contributed by atoms with Gasteiger partial charge in [0.15, 0.2) is 5.13 Å². The van der Waals surface area contributed by atoms with Gasteiger partial charge in [-0.05, 0) is 49.6 Å². The minimum absolute atomic E-state index is 0.804. The van der Waals surface area contributed by atoms with Gasteiger partial charge in [0.2, 0.25) is 0 Å². The third-order valence-electron chi connectivity index (χ3n) is 4.94. The van der Waals surface area contributed by atoms with Crippen LogP contribution in [-0.4, -0.2) is 31.2 Å². The van der Waals surface area contributed by atoms with Crippen molar-refractivity contribution in [3.63, 3.8) is 0 Å². The fourth-order valence-electron chi connectivity index (χ4n) is 3.42. The van der Waals surface area contributed by atoms with Gasteiger partial charge in [-0.1, -0.05) is 41.1 Å². The Balaban J connectivity index is 1.55. The number of hydrogen-bond acceptors (Lipinski definition) is 4. The Labute approximate surface area is 157 Å². The Morgan fingerprint density at radius 3 is 2.32 bits per heavy atom. The molecule has 4 rings (SSSR count). The summed E-state index contributed by atoms with van der Waals surface area (Å²) in [6.07, 6.45) is 0. The van der Waals surface area contributed by atoms with E-state index < -0.39 is 0 Å². The molecular weight excluding hydrogens is 350 g/mol. The highest BCUT2D eigenvalue weighted by Crippen LogP contribution is 2.36. The monoisotopic (exact) mass is 371 g/mol. The number of nitrogens with zero attached hydrogens (tertiary/aromatic N) is 3. The molecule has 25 heavy (non-hydrogen) atoms. The molecule has 5 heteroatoms. The van der Waals surface area contributed by atoms with Gasteiger partial charge in [0, 0.05) is 31.9 Å². The highest BCUT2D eigenvalue weighted by atomic mass is 35.5. The van der Waals surface area contributed by atoms with Crippen LogP contribution in [-0.2, 0) is 0 Å². The number of benzene rings is 2. The molecule has 0 unspecified atom stereocenters. The van der Waals surface area contributed by atoms with Gasteiger partial charge in [0.1, 0.15) is 0 Å². The Hall–Kier alpha value is -1.78. The maximum atomic E-state index is 6.36. The summed E-state index contributed by atoms with van der Waals surface area (Å²) < 4.78 is 1.11. The number of hydrogen-bond donors (Lipinski definition) is 0. The molecule has 0 saturated carbocycles. The Morgan fingerprint density at radius 2 is 1.60 bits per heavy atom. The highest BCUT2D eigenvalue weighted by Gasteiger charge is 2.22. The number of thiazole rings is 1. The number of halogens is 1. The summed E-state index contributed by atoms with van der Waals surface area (Å²) in [7, 11) is 0. The van der Waals surface area contributed by atoms with E-state index in [1.54, 1.807) is 11.3 Å². The van der Waals surface area contributed by atoms with Crippen LogP contribution in [0.2, 0.25) is 5.02 Å². The molecule has 0 radical (unpaired) electrons. The summed E-state index contributed by atoms with van der Waals surface area (Å²) in [6.45, 7) is 10.5. The summed E-state index contributed by atoms with van der Waals surface area (Å²) in [5.74, 6) is 0. The number of fused-ring (bicyclic) bond motifs is 1. The second-order valence-corrected chi connectivity index (χ2v) is 8.19. The lowest BCUT2D eigenvalue weighted by Crippen LogP contribution is -2.46. The van der Waals surface area contributed by atoms with E-state index in [2.05, 4.69) is 48.8 Å². The average Bonchev–Trinajstić information content (AvgIpc) is 3.07. The van der Waals surface area contributed by atoms with E-state index >= 15 is 0 Å². The molecule has 130 valence electrons. The van der Waals surface area contributed by atoms with Gasteiger partial charge in [-0.25, -0.2) is 4.98 Å². The molecule has 1 aliphatic heterocycles. The van der Waals surface area contributed by atoms with Crippen LogP contribution in [0.4, 0.5) is 10.8 Å². The molecule has 0 atom stereocenters. The average molecular weight is 372 g/mol. The van der Waals surface area contributed by atoms with Crippen molar-refractivity contribution in [2.24, 2.45) is 0 Å². The van der Waals surface area contributed by atoms with Crippen molar-refractivity contribution < 1.29 is 0 Å². The fourth-order valence-corrected chi connectivity index (χ4v) is 4.79. The summed E-state index contributed by atoms with van der Waals surface area (Å²) >= 11 is 8.07. The molecular formula is C20H22ClN3S. The van der Waals surface area contributed by atoms with Gasteiger partial charge >= 0.3 is 0 Å². The zero-order chi connectivity index (χ0) is 17.6. The molecule has 1 fully saturated rings. The third-order valence-corrected chi connectivity index (χ3v) is 6.52. The van der Waals surface area contributed by atoms with E-state index in [4.69, 9.17) is 16.6 Å². The molecule has 1 saturated heterocycles. The first-order valence-electron chi connectivity index (χ1n) is 8.66. The van der Waals surface area contributed by atoms with Gasteiger partial charge in [-0.2, -0.15) is 0 Å². The molecule has 1 aromatic heterocycles. The number of aryl methyl sites for hydroxylation is 3. The maximum absolute atomic E-state index is 6.36. The van der Waals surface area contributed by atoms with Crippen LogP contribution in [0.15, 0.2) is 30.3 Å². The SMILES string of the molecule is Cc1ccc(C)c(N2CCN(c3nc4c(C)ccc(Cl)c4s3)CC2)c1. The summed E-state index contributed by atoms with van der Waals surface area (Å²) in [6, 6.07) is 10.7. The van der Waals surface area contributed by atoms with Gasteiger partial charge in [0.05, 0.1) is 15.2 Å². The van der Waals surface area contributed by atoms with Crippen LogP contribution in [0, 0.1) is 20.8 Å². The Bertz CT molecular complexity index is 887. The van der Waals surface area contributed by atoms with Crippen LogP contribution < -0.4 is 9.80 Å². The van der Waals surface area contributed by atoms with Crippen LogP contribution in [0.1, 0.15) is 16.7 Å². The smallest absolute Gasteiger partial charge is 0.186 e. The van der Waals surface area contributed by atoms with Gasteiger partial charge in [-0.15, -0.1) is 0 Å². The van der Waals surface area contributed by atoms with Crippen molar-refractivity contribution in [1.82, 2.24) is 4.98 Å². The lowest BCUT2D eigenvalue weighted by atomic mass is 10.1. The van der Waals surface area contributed by atoms with Crippen LogP contribution in [0.3, 0.4) is 0 Å². The quantitative estimate of drug-likeness (QED) is 0.617. The zero-order valence-electron chi connectivity index (χ0n) is 14.8. The van der Waals surface area contributed by atoms with Crippen molar-refractivity contribution >= 4 is 44.0 Å².